The van der Waals surface area contributed by atoms with Crippen molar-refractivity contribution in [2.75, 3.05) is 20.1 Å². The van der Waals surface area contributed by atoms with Crippen LogP contribution in [0.1, 0.15) is 46.2 Å². The average Bonchev–Trinajstić information content (AvgIpc) is 2.52. The van der Waals surface area contributed by atoms with Crippen molar-refractivity contribution in [3.05, 3.63) is 28.5 Å². The fourth-order valence-electron chi connectivity index (χ4n) is 3.56. The van der Waals surface area contributed by atoms with Crippen LogP contribution >= 0.6 is 15.9 Å². The van der Waals surface area contributed by atoms with Crippen molar-refractivity contribution >= 4 is 15.9 Å². The molecule has 0 aliphatic carbocycles. The number of pyridine rings is 1. The summed E-state index contributed by atoms with van der Waals surface area (Å²) >= 11 is 3.45. The zero-order valence-electron chi connectivity index (χ0n) is 14.1. The molecule has 1 unspecified atom stereocenters. The highest BCUT2D eigenvalue weighted by Crippen LogP contribution is 2.29. The van der Waals surface area contributed by atoms with Crippen LogP contribution in [-0.4, -0.2) is 41.6 Å². The maximum Gasteiger partial charge on any atom is 0.0420 e. The van der Waals surface area contributed by atoms with Crippen molar-refractivity contribution in [3.8, 4) is 0 Å². The number of likely N-dealkylation sites (N-methyl/N-ethyl adjacent to an activating group) is 2. The third kappa shape index (κ3) is 4.27. The van der Waals surface area contributed by atoms with Crippen molar-refractivity contribution < 1.29 is 0 Å². The monoisotopic (exact) mass is 355 g/mol. The molecule has 120 valence electrons. The van der Waals surface area contributed by atoms with Crippen LogP contribution in [-0.2, 0) is 6.42 Å². The van der Waals surface area contributed by atoms with Gasteiger partial charge in [-0.05, 0) is 61.0 Å². The van der Waals surface area contributed by atoms with Crippen molar-refractivity contribution in [1.29, 1.82) is 0 Å². The van der Waals surface area contributed by atoms with Gasteiger partial charge in [-0.1, -0.05) is 27.7 Å². The zero-order chi connectivity index (χ0) is 15.9. The van der Waals surface area contributed by atoms with Gasteiger partial charge in [0.05, 0.1) is 0 Å². The van der Waals surface area contributed by atoms with E-state index in [0.29, 0.717) is 6.04 Å². The molecule has 0 radical (unpaired) electrons. The molecule has 0 aliphatic heterocycles. The van der Waals surface area contributed by atoms with Crippen molar-refractivity contribution in [2.45, 2.75) is 58.5 Å². The molecule has 1 aromatic rings. The van der Waals surface area contributed by atoms with Gasteiger partial charge in [0.2, 0.25) is 0 Å². The summed E-state index contributed by atoms with van der Waals surface area (Å²) in [5.41, 5.74) is 1.34. The Morgan fingerprint density at radius 1 is 1.19 bits per heavy atom. The maximum atomic E-state index is 4.55. The number of halogens is 1. The molecule has 0 bridgehead atoms. The van der Waals surface area contributed by atoms with E-state index in [9.17, 15) is 0 Å². The lowest BCUT2D eigenvalue weighted by Crippen LogP contribution is -2.61. The van der Waals surface area contributed by atoms with Gasteiger partial charge in [-0.15, -0.1) is 0 Å². The molecule has 1 atom stereocenters. The molecule has 1 heterocycles. The van der Waals surface area contributed by atoms with Gasteiger partial charge in [0.25, 0.3) is 0 Å². The van der Waals surface area contributed by atoms with Gasteiger partial charge in [-0.2, -0.15) is 0 Å². The minimum Gasteiger partial charge on any atom is -0.315 e. The van der Waals surface area contributed by atoms with Gasteiger partial charge in [0, 0.05) is 34.4 Å². The van der Waals surface area contributed by atoms with E-state index in [1.54, 1.807) is 0 Å². The summed E-state index contributed by atoms with van der Waals surface area (Å²) in [5.74, 6) is 0. The SMILES string of the molecule is CCN(CC)C(CC)(CC)C(Cc1ccc(Br)cn1)NC. The molecular weight excluding hydrogens is 326 g/mol. The second kappa shape index (κ2) is 8.86. The van der Waals surface area contributed by atoms with E-state index in [0.717, 1.165) is 42.5 Å². The molecule has 0 saturated heterocycles. The molecule has 1 rings (SSSR count). The van der Waals surface area contributed by atoms with Crippen molar-refractivity contribution in [1.82, 2.24) is 15.2 Å². The van der Waals surface area contributed by atoms with Crippen LogP contribution in [0.3, 0.4) is 0 Å². The molecule has 0 spiro atoms. The van der Waals surface area contributed by atoms with E-state index in [-0.39, 0.29) is 5.54 Å². The van der Waals surface area contributed by atoms with E-state index >= 15 is 0 Å². The smallest absolute Gasteiger partial charge is 0.0420 e. The second-order valence-corrected chi connectivity index (χ2v) is 6.41. The summed E-state index contributed by atoms with van der Waals surface area (Å²) in [6, 6.07) is 4.60. The molecule has 0 saturated carbocycles. The standard InChI is InChI=1S/C17H30BrN3/c1-6-17(7-2,21(8-3)9-4)16(19-5)12-15-11-10-14(18)13-20-15/h10-11,13,16,19H,6-9,12H2,1-5H3. The molecule has 3 nitrogen and oxygen atoms in total. The van der Waals surface area contributed by atoms with E-state index in [2.05, 4.69) is 78.0 Å². The van der Waals surface area contributed by atoms with E-state index in [4.69, 9.17) is 0 Å². The highest BCUT2D eigenvalue weighted by molar-refractivity contribution is 9.10. The number of hydrogen-bond donors (Lipinski definition) is 1. The molecule has 21 heavy (non-hydrogen) atoms. The largest absolute Gasteiger partial charge is 0.315 e. The van der Waals surface area contributed by atoms with E-state index < -0.39 is 0 Å². The van der Waals surface area contributed by atoms with Crippen molar-refractivity contribution in [3.63, 3.8) is 0 Å². The summed E-state index contributed by atoms with van der Waals surface area (Å²) in [6.45, 7) is 11.3. The predicted molar refractivity (Wildman–Crippen MR) is 94.7 cm³/mol. The molecule has 0 aliphatic rings. The molecule has 0 fully saturated rings. The van der Waals surface area contributed by atoms with Crippen molar-refractivity contribution in [2.24, 2.45) is 0 Å². The number of nitrogens with zero attached hydrogens (tertiary/aromatic N) is 2. The lowest BCUT2D eigenvalue weighted by atomic mass is 9.80. The van der Waals surface area contributed by atoms with Gasteiger partial charge < -0.3 is 5.32 Å². The molecule has 4 heteroatoms. The Bertz CT molecular complexity index is 397. The number of rotatable bonds is 9. The first-order chi connectivity index (χ1) is 10.1. The Labute approximate surface area is 138 Å². The first-order valence-electron chi connectivity index (χ1n) is 8.10. The normalized spacial score (nSPS) is 13.7. The third-order valence-electron chi connectivity index (χ3n) is 4.82. The Morgan fingerprint density at radius 3 is 2.19 bits per heavy atom. The maximum absolute atomic E-state index is 4.55. The van der Waals surface area contributed by atoms with Gasteiger partial charge in [-0.3, -0.25) is 9.88 Å². The minimum atomic E-state index is 0.188. The lowest BCUT2D eigenvalue weighted by molar-refractivity contribution is 0.0516. The highest BCUT2D eigenvalue weighted by Gasteiger charge is 2.39. The third-order valence-corrected chi connectivity index (χ3v) is 5.29. The quantitative estimate of drug-likeness (QED) is 0.728. The molecular formula is C17H30BrN3. The molecule has 0 amide bonds. The first kappa shape index (κ1) is 18.6. The van der Waals surface area contributed by atoms with Crippen LogP contribution in [0.2, 0.25) is 0 Å². The fourth-order valence-corrected chi connectivity index (χ4v) is 3.80. The Balaban J connectivity index is 3.04. The Hall–Kier alpha value is -0.450. The van der Waals surface area contributed by atoms with E-state index in [1.165, 1.54) is 0 Å². The zero-order valence-corrected chi connectivity index (χ0v) is 15.7. The minimum absolute atomic E-state index is 0.188. The van der Waals surface area contributed by atoms with Gasteiger partial charge in [-0.25, -0.2) is 0 Å². The van der Waals surface area contributed by atoms with Crippen LogP contribution in [0, 0.1) is 0 Å². The van der Waals surface area contributed by atoms with Crippen LogP contribution in [0.4, 0.5) is 0 Å². The predicted octanol–water partition coefficient (Wildman–Crippen LogP) is 3.88. The van der Waals surface area contributed by atoms with Gasteiger partial charge in [0.1, 0.15) is 0 Å². The van der Waals surface area contributed by atoms with Crippen LogP contribution < -0.4 is 5.32 Å². The van der Waals surface area contributed by atoms with Crippen LogP contribution in [0.25, 0.3) is 0 Å². The Morgan fingerprint density at radius 2 is 1.81 bits per heavy atom. The first-order valence-corrected chi connectivity index (χ1v) is 8.89. The van der Waals surface area contributed by atoms with E-state index in [1.807, 2.05) is 6.20 Å². The summed E-state index contributed by atoms with van der Waals surface area (Å²) in [4.78, 5) is 7.16. The summed E-state index contributed by atoms with van der Waals surface area (Å²) < 4.78 is 1.04. The molecule has 0 aromatic carbocycles. The summed E-state index contributed by atoms with van der Waals surface area (Å²) in [5, 5.41) is 3.56. The molecule has 1 N–H and O–H groups in total. The van der Waals surface area contributed by atoms with Gasteiger partial charge in [0.15, 0.2) is 0 Å². The van der Waals surface area contributed by atoms with Crippen LogP contribution in [0.15, 0.2) is 22.8 Å². The lowest BCUT2D eigenvalue weighted by Gasteiger charge is -2.48. The summed E-state index contributed by atoms with van der Waals surface area (Å²) in [6.07, 6.45) is 5.14. The number of hydrogen-bond acceptors (Lipinski definition) is 3. The number of nitrogens with one attached hydrogen (secondary N) is 1. The summed E-state index contributed by atoms with van der Waals surface area (Å²) in [7, 11) is 2.08. The fraction of sp³-hybridized carbons (Fsp3) is 0.706. The molecule has 1 aromatic heterocycles. The Kier molecular flexibility index (Phi) is 7.85. The number of aromatic nitrogens is 1. The second-order valence-electron chi connectivity index (χ2n) is 5.50. The van der Waals surface area contributed by atoms with Crippen LogP contribution in [0.5, 0.6) is 0 Å². The highest BCUT2D eigenvalue weighted by atomic mass is 79.9. The topological polar surface area (TPSA) is 28.2 Å². The van der Waals surface area contributed by atoms with Gasteiger partial charge >= 0.3 is 0 Å². The average molecular weight is 356 g/mol.